The van der Waals surface area contributed by atoms with E-state index in [-0.39, 0.29) is 0 Å². The Labute approximate surface area is 62.3 Å². The van der Waals surface area contributed by atoms with Crippen molar-refractivity contribution in [3.8, 4) is 0 Å². The van der Waals surface area contributed by atoms with Gasteiger partial charge in [-0.2, -0.15) is 0 Å². The highest BCUT2D eigenvalue weighted by molar-refractivity contribution is 5.79. The number of hydrogen-bond donors (Lipinski definition) is 1. The van der Waals surface area contributed by atoms with E-state index in [1.54, 1.807) is 6.08 Å². The molecular formula is C9H13N. The van der Waals surface area contributed by atoms with Crippen LogP contribution in [0.5, 0.6) is 0 Å². The molecule has 1 nitrogen and oxygen atoms in total. The summed E-state index contributed by atoms with van der Waals surface area (Å²) >= 11 is 0. The van der Waals surface area contributed by atoms with Crippen molar-refractivity contribution >= 4 is 6.21 Å². The number of rotatable bonds is 4. The average molecular weight is 135 g/mol. The van der Waals surface area contributed by atoms with Crippen molar-refractivity contribution in [2.45, 2.75) is 13.3 Å². The van der Waals surface area contributed by atoms with E-state index in [4.69, 9.17) is 5.41 Å². The van der Waals surface area contributed by atoms with Gasteiger partial charge in [0.15, 0.2) is 0 Å². The molecule has 0 unspecified atom stereocenters. The molecule has 0 atom stereocenters. The summed E-state index contributed by atoms with van der Waals surface area (Å²) in [6.45, 7) is 5.58. The minimum absolute atomic E-state index is 0.933. The second kappa shape index (κ2) is 6.02. The maximum atomic E-state index is 6.96. The van der Waals surface area contributed by atoms with Crippen molar-refractivity contribution in [1.82, 2.24) is 0 Å². The molecule has 0 fully saturated rings. The first-order valence-corrected chi connectivity index (χ1v) is 3.34. The molecule has 1 heteroatoms. The lowest BCUT2D eigenvalue weighted by Gasteiger charge is -1.87. The fraction of sp³-hybridized carbons (Fsp3) is 0.222. The van der Waals surface area contributed by atoms with Gasteiger partial charge < -0.3 is 5.41 Å². The molecule has 0 saturated heterocycles. The quantitative estimate of drug-likeness (QED) is 0.452. The van der Waals surface area contributed by atoms with Gasteiger partial charge >= 0.3 is 0 Å². The van der Waals surface area contributed by atoms with Crippen LogP contribution in [-0.2, 0) is 0 Å². The van der Waals surface area contributed by atoms with E-state index in [1.165, 1.54) is 6.21 Å². The van der Waals surface area contributed by atoms with E-state index in [1.807, 2.05) is 25.2 Å². The van der Waals surface area contributed by atoms with Crippen molar-refractivity contribution in [3.63, 3.8) is 0 Å². The second-order valence-electron chi connectivity index (χ2n) is 1.85. The van der Waals surface area contributed by atoms with Crippen LogP contribution in [0.15, 0.2) is 36.5 Å². The normalized spacial score (nSPS) is 11.9. The predicted octanol–water partition coefficient (Wildman–Crippen LogP) is 2.71. The summed E-state index contributed by atoms with van der Waals surface area (Å²) in [7, 11) is 0. The zero-order chi connectivity index (χ0) is 7.82. The van der Waals surface area contributed by atoms with Gasteiger partial charge in [-0.3, -0.25) is 0 Å². The molecule has 0 aromatic heterocycles. The molecule has 54 valence electrons. The smallest absolute Gasteiger partial charge is 0.0247 e. The fourth-order valence-electron chi connectivity index (χ4n) is 0.590. The Bertz CT molecular complexity index is 164. The monoisotopic (exact) mass is 135 g/mol. The largest absolute Gasteiger partial charge is 0.308 e. The zero-order valence-electron chi connectivity index (χ0n) is 6.30. The Balaban J connectivity index is 4.07. The maximum absolute atomic E-state index is 6.96. The highest BCUT2D eigenvalue weighted by Gasteiger charge is 1.80. The molecule has 0 bridgehead atoms. The van der Waals surface area contributed by atoms with Crippen molar-refractivity contribution in [3.05, 3.63) is 36.5 Å². The minimum Gasteiger partial charge on any atom is -0.308 e. The van der Waals surface area contributed by atoms with Crippen LogP contribution >= 0.6 is 0 Å². The first-order valence-electron chi connectivity index (χ1n) is 3.34. The second-order valence-corrected chi connectivity index (χ2v) is 1.85. The molecule has 0 saturated carbocycles. The van der Waals surface area contributed by atoms with Crippen LogP contribution < -0.4 is 0 Å². The Morgan fingerprint density at radius 1 is 1.60 bits per heavy atom. The maximum Gasteiger partial charge on any atom is 0.0247 e. The van der Waals surface area contributed by atoms with Crippen LogP contribution in [0.2, 0.25) is 0 Å². The number of hydrogen-bond acceptors (Lipinski definition) is 1. The van der Waals surface area contributed by atoms with Crippen molar-refractivity contribution in [2.24, 2.45) is 0 Å². The van der Waals surface area contributed by atoms with Gasteiger partial charge in [0.2, 0.25) is 0 Å². The summed E-state index contributed by atoms with van der Waals surface area (Å²) in [5.41, 5.74) is 0.933. The van der Waals surface area contributed by atoms with Gasteiger partial charge in [-0.25, -0.2) is 0 Å². The Kier molecular flexibility index (Phi) is 5.35. The van der Waals surface area contributed by atoms with Crippen LogP contribution in [-0.4, -0.2) is 6.21 Å². The van der Waals surface area contributed by atoms with E-state index < -0.39 is 0 Å². The van der Waals surface area contributed by atoms with Gasteiger partial charge in [-0.05, 0) is 12.0 Å². The molecule has 10 heavy (non-hydrogen) atoms. The van der Waals surface area contributed by atoms with Crippen molar-refractivity contribution < 1.29 is 0 Å². The summed E-state index contributed by atoms with van der Waals surface area (Å²) in [5, 5.41) is 6.96. The topological polar surface area (TPSA) is 23.9 Å². The van der Waals surface area contributed by atoms with Crippen LogP contribution in [0.3, 0.4) is 0 Å². The van der Waals surface area contributed by atoms with Crippen molar-refractivity contribution in [1.29, 1.82) is 5.41 Å². The first kappa shape index (κ1) is 8.89. The van der Waals surface area contributed by atoms with Gasteiger partial charge in [-0.1, -0.05) is 37.8 Å². The van der Waals surface area contributed by atoms with Gasteiger partial charge in [0.25, 0.3) is 0 Å². The molecule has 0 radical (unpaired) electrons. The van der Waals surface area contributed by atoms with Gasteiger partial charge in [0.1, 0.15) is 0 Å². The molecule has 1 N–H and O–H groups in total. The number of allylic oxidation sites excluding steroid dienone is 5. The summed E-state index contributed by atoms with van der Waals surface area (Å²) in [6, 6.07) is 0. The van der Waals surface area contributed by atoms with Gasteiger partial charge in [0.05, 0.1) is 0 Å². The molecule has 0 aromatic carbocycles. The van der Waals surface area contributed by atoms with Crippen LogP contribution in [0.25, 0.3) is 0 Å². The zero-order valence-corrected chi connectivity index (χ0v) is 6.30. The highest BCUT2D eigenvalue weighted by Crippen LogP contribution is 1.94. The average Bonchev–Trinajstić information content (AvgIpc) is 1.98. The molecule has 0 aliphatic carbocycles. The Hall–Kier alpha value is -1.11. The third-order valence-electron chi connectivity index (χ3n) is 1.03. The molecular weight excluding hydrogens is 122 g/mol. The van der Waals surface area contributed by atoms with Crippen molar-refractivity contribution in [2.75, 3.05) is 0 Å². The van der Waals surface area contributed by atoms with Crippen LogP contribution in [0.4, 0.5) is 0 Å². The first-order chi connectivity index (χ1) is 4.85. The van der Waals surface area contributed by atoms with E-state index in [0.717, 1.165) is 12.0 Å². The molecule has 0 aromatic rings. The standard InChI is InChI=1S/C9H13N/c1-3-5-7-9(8-10)6-4-2/h3,5-8,10H,1,4H2,2H3/b7-5-,9-6+,10-8?. The summed E-state index contributed by atoms with van der Waals surface area (Å²) in [4.78, 5) is 0. The molecule has 0 rings (SSSR count). The SMILES string of the molecule is C=C/C=C\C(C=N)=C/CC. The summed E-state index contributed by atoms with van der Waals surface area (Å²) in [5.74, 6) is 0. The minimum atomic E-state index is 0.933. The highest BCUT2D eigenvalue weighted by atomic mass is 14.3. The third-order valence-corrected chi connectivity index (χ3v) is 1.03. The Morgan fingerprint density at radius 3 is 2.70 bits per heavy atom. The van der Waals surface area contributed by atoms with Crippen LogP contribution in [0, 0.1) is 5.41 Å². The third kappa shape index (κ3) is 3.84. The summed E-state index contributed by atoms with van der Waals surface area (Å²) in [6.07, 6.45) is 9.69. The lowest BCUT2D eigenvalue weighted by Crippen LogP contribution is -1.75. The van der Waals surface area contributed by atoms with Gasteiger partial charge in [-0.15, -0.1) is 0 Å². The Morgan fingerprint density at radius 2 is 2.30 bits per heavy atom. The molecule has 0 amide bonds. The van der Waals surface area contributed by atoms with E-state index >= 15 is 0 Å². The lowest BCUT2D eigenvalue weighted by molar-refractivity contribution is 1.22. The van der Waals surface area contributed by atoms with Crippen LogP contribution in [0.1, 0.15) is 13.3 Å². The lowest BCUT2D eigenvalue weighted by atomic mass is 10.2. The molecule has 0 spiro atoms. The fourth-order valence-corrected chi connectivity index (χ4v) is 0.590. The predicted molar refractivity (Wildman–Crippen MR) is 46.5 cm³/mol. The van der Waals surface area contributed by atoms with E-state index in [2.05, 4.69) is 6.58 Å². The van der Waals surface area contributed by atoms with E-state index in [0.29, 0.717) is 0 Å². The number of nitrogens with one attached hydrogen (secondary N) is 1. The van der Waals surface area contributed by atoms with E-state index in [9.17, 15) is 0 Å². The molecule has 0 heterocycles. The molecule has 0 aliphatic heterocycles. The summed E-state index contributed by atoms with van der Waals surface area (Å²) < 4.78 is 0. The van der Waals surface area contributed by atoms with Gasteiger partial charge in [0, 0.05) is 6.21 Å². The molecule has 0 aliphatic rings.